The van der Waals surface area contributed by atoms with Crippen LogP contribution in [0.1, 0.15) is 28.8 Å². The van der Waals surface area contributed by atoms with E-state index >= 15 is 0 Å². The maximum Gasteiger partial charge on any atom is 0.193 e. The smallest absolute Gasteiger partial charge is 0.193 e. The van der Waals surface area contributed by atoms with Crippen molar-refractivity contribution in [2.45, 2.75) is 33.6 Å². The van der Waals surface area contributed by atoms with Gasteiger partial charge < -0.3 is 11.1 Å². The van der Waals surface area contributed by atoms with E-state index in [-0.39, 0.29) is 0 Å². The molecule has 0 aliphatic rings. The van der Waals surface area contributed by atoms with Crippen molar-refractivity contribution < 1.29 is 0 Å². The minimum atomic E-state index is 0.455. The van der Waals surface area contributed by atoms with Crippen LogP contribution in [0.2, 0.25) is 0 Å². The van der Waals surface area contributed by atoms with Crippen LogP contribution < -0.4 is 11.1 Å². The Morgan fingerprint density at radius 1 is 1.07 bits per heavy atom. The summed E-state index contributed by atoms with van der Waals surface area (Å²) in [6, 6.07) is 16.4. The van der Waals surface area contributed by atoms with Crippen LogP contribution in [-0.2, 0) is 6.42 Å². The van der Waals surface area contributed by atoms with Gasteiger partial charge >= 0.3 is 0 Å². The molecule has 0 aliphatic carbocycles. The van der Waals surface area contributed by atoms with Crippen molar-refractivity contribution in [3.05, 3.63) is 77.1 Å². The van der Waals surface area contributed by atoms with Crippen LogP contribution in [0.4, 0.5) is 5.69 Å². The molecule has 0 saturated carbocycles. The summed E-state index contributed by atoms with van der Waals surface area (Å²) in [5, 5.41) is 7.78. The fourth-order valence-electron chi connectivity index (χ4n) is 3.16. The zero-order valence-electron chi connectivity index (χ0n) is 16.2. The molecule has 0 saturated heterocycles. The molecule has 0 aliphatic heterocycles. The lowest BCUT2D eigenvalue weighted by atomic mass is 10.1. The van der Waals surface area contributed by atoms with Gasteiger partial charge in [-0.25, -0.2) is 4.68 Å². The van der Waals surface area contributed by atoms with Gasteiger partial charge in [-0.2, -0.15) is 5.10 Å². The molecule has 3 N–H and O–H groups in total. The summed E-state index contributed by atoms with van der Waals surface area (Å²) < 4.78 is 1.93. The molecule has 2 aromatic carbocycles. The molecule has 0 radical (unpaired) electrons. The van der Waals surface area contributed by atoms with Crippen molar-refractivity contribution in [2.75, 3.05) is 11.9 Å². The summed E-state index contributed by atoms with van der Waals surface area (Å²) in [5.41, 5.74) is 12.8. The number of aliphatic imine (C=N–C) groups is 1. The molecular formula is C22H27N5. The zero-order chi connectivity index (χ0) is 19.2. The Labute approximate surface area is 160 Å². The molecule has 0 atom stereocenters. The first-order chi connectivity index (χ1) is 13.0. The Morgan fingerprint density at radius 3 is 2.48 bits per heavy atom. The van der Waals surface area contributed by atoms with E-state index < -0.39 is 0 Å². The summed E-state index contributed by atoms with van der Waals surface area (Å²) in [6.07, 6.45) is 3.96. The highest BCUT2D eigenvalue weighted by atomic mass is 15.3. The van der Waals surface area contributed by atoms with Gasteiger partial charge in [0.1, 0.15) is 0 Å². The van der Waals surface area contributed by atoms with Crippen LogP contribution in [0.5, 0.6) is 0 Å². The molecule has 1 heterocycles. The van der Waals surface area contributed by atoms with E-state index in [0.717, 1.165) is 29.9 Å². The highest BCUT2D eigenvalue weighted by Gasteiger charge is 2.06. The molecule has 5 nitrogen and oxygen atoms in total. The number of aromatic nitrogens is 2. The minimum absolute atomic E-state index is 0.455. The Bertz CT molecular complexity index is 905. The number of hydrogen-bond donors (Lipinski definition) is 2. The third kappa shape index (κ3) is 5.20. The first-order valence-corrected chi connectivity index (χ1v) is 9.27. The van der Waals surface area contributed by atoms with Gasteiger partial charge in [-0.3, -0.25) is 4.99 Å². The lowest BCUT2D eigenvalue weighted by molar-refractivity contribution is 0.827. The highest BCUT2D eigenvalue weighted by Crippen LogP contribution is 2.14. The molecule has 27 heavy (non-hydrogen) atoms. The molecule has 3 rings (SSSR count). The average molecular weight is 361 g/mol. The van der Waals surface area contributed by atoms with Gasteiger partial charge in [-0.1, -0.05) is 24.3 Å². The molecule has 0 fully saturated rings. The first kappa shape index (κ1) is 18.7. The fraction of sp³-hybridized carbons (Fsp3) is 0.273. The molecule has 0 spiro atoms. The third-order valence-electron chi connectivity index (χ3n) is 4.40. The number of para-hydroxylation sites is 1. The molecule has 0 unspecified atom stereocenters. The second kappa shape index (κ2) is 8.54. The second-order valence-corrected chi connectivity index (χ2v) is 6.89. The molecule has 140 valence electrons. The van der Waals surface area contributed by atoms with E-state index in [1.165, 1.54) is 16.7 Å². The van der Waals surface area contributed by atoms with Gasteiger partial charge in [0.05, 0.1) is 11.4 Å². The SMILES string of the molecule is Cc1cc(C)cc(NC(N)=NCCCc2cn(-c3ccccc3)nc2C)c1. The highest BCUT2D eigenvalue weighted by molar-refractivity contribution is 5.92. The van der Waals surface area contributed by atoms with E-state index in [9.17, 15) is 0 Å². The molecule has 0 amide bonds. The Hall–Kier alpha value is -3.08. The van der Waals surface area contributed by atoms with Crippen LogP contribution in [0.3, 0.4) is 0 Å². The number of nitrogens with zero attached hydrogens (tertiary/aromatic N) is 3. The quantitative estimate of drug-likeness (QED) is 0.393. The van der Waals surface area contributed by atoms with Gasteiger partial charge in [0.2, 0.25) is 0 Å². The number of hydrogen-bond acceptors (Lipinski definition) is 2. The van der Waals surface area contributed by atoms with Crippen molar-refractivity contribution in [2.24, 2.45) is 10.7 Å². The topological polar surface area (TPSA) is 68.2 Å². The van der Waals surface area contributed by atoms with E-state index in [4.69, 9.17) is 5.73 Å². The van der Waals surface area contributed by atoms with Crippen LogP contribution in [0, 0.1) is 20.8 Å². The van der Waals surface area contributed by atoms with Crippen LogP contribution in [0.15, 0.2) is 59.7 Å². The van der Waals surface area contributed by atoms with E-state index in [0.29, 0.717) is 12.5 Å². The van der Waals surface area contributed by atoms with Crippen molar-refractivity contribution in [1.82, 2.24) is 9.78 Å². The summed E-state index contributed by atoms with van der Waals surface area (Å²) in [6.45, 7) is 6.88. The van der Waals surface area contributed by atoms with E-state index in [1.807, 2.05) is 29.8 Å². The molecule has 0 bridgehead atoms. The number of nitrogens with two attached hydrogens (primary N) is 1. The molecule has 3 aromatic rings. The predicted molar refractivity (Wildman–Crippen MR) is 113 cm³/mol. The predicted octanol–water partition coefficient (Wildman–Crippen LogP) is 4.16. The van der Waals surface area contributed by atoms with Crippen molar-refractivity contribution >= 4 is 11.6 Å². The minimum Gasteiger partial charge on any atom is -0.370 e. The van der Waals surface area contributed by atoms with Crippen LogP contribution in [-0.4, -0.2) is 22.3 Å². The summed E-state index contributed by atoms with van der Waals surface area (Å²) >= 11 is 0. The number of anilines is 1. The standard InChI is InChI=1S/C22H27N5/c1-16-12-17(2)14-20(13-16)25-22(23)24-11-7-8-19-15-27(26-18(19)3)21-9-5-4-6-10-21/h4-6,9-10,12-15H,7-8,11H2,1-3H3,(H3,23,24,25). The van der Waals surface area contributed by atoms with Crippen molar-refractivity contribution in [3.63, 3.8) is 0 Å². The number of aryl methyl sites for hydroxylation is 4. The van der Waals surface area contributed by atoms with Gasteiger partial charge in [-0.05, 0) is 74.6 Å². The monoisotopic (exact) mass is 361 g/mol. The van der Waals surface area contributed by atoms with Gasteiger partial charge in [0.25, 0.3) is 0 Å². The van der Waals surface area contributed by atoms with Gasteiger partial charge in [0.15, 0.2) is 5.96 Å². The summed E-state index contributed by atoms with van der Waals surface area (Å²) in [7, 11) is 0. The Balaban J connectivity index is 1.54. The largest absolute Gasteiger partial charge is 0.370 e. The van der Waals surface area contributed by atoms with Crippen molar-refractivity contribution in [3.8, 4) is 5.69 Å². The number of nitrogens with one attached hydrogen (secondary N) is 1. The van der Waals surface area contributed by atoms with E-state index in [1.54, 1.807) is 0 Å². The zero-order valence-corrected chi connectivity index (χ0v) is 16.2. The molecule has 5 heteroatoms. The maximum atomic E-state index is 6.02. The Morgan fingerprint density at radius 2 is 1.78 bits per heavy atom. The number of benzene rings is 2. The third-order valence-corrected chi connectivity index (χ3v) is 4.40. The van der Waals surface area contributed by atoms with Crippen molar-refractivity contribution in [1.29, 1.82) is 0 Å². The lowest BCUT2D eigenvalue weighted by Gasteiger charge is -2.08. The Kier molecular flexibility index (Phi) is 5.91. The summed E-state index contributed by atoms with van der Waals surface area (Å²) in [4.78, 5) is 4.44. The molecular weight excluding hydrogens is 334 g/mol. The fourth-order valence-corrected chi connectivity index (χ4v) is 3.16. The number of guanidine groups is 1. The molecule has 1 aromatic heterocycles. The van der Waals surface area contributed by atoms with E-state index in [2.05, 4.69) is 65.8 Å². The number of rotatable bonds is 6. The lowest BCUT2D eigenvalue weighted by Crippen LogP contribution is -2.23. The maximum absolute atomic E-state index is 6.02. The average Bonchev–Trinajstić information content (AvgIpc) is 2.99. The summed E-state index contributed by atoms with van der Waals surface area (Å²) in [5.74, 6) is 0.455. The van der Waals surface area contributed by atoms with Gasteiger partial charge in [0, 0.05) is 18.4 Å². The van der Waals surface area contributed by atoms with Gasteiger partial charge in [-0.15, -0.1) is 0 Å². The van der Waals surface area contributed by atoms with Crippen LogP contribution >= 0.6 is 0 Å². The second-order valence-electron chi connectivity index (χ2n) is 6.89. The first-order valence-electron chi connectivity index (χ1n) is 9.27. The normalized spacial score (nSPS) is 11.6. The van der Waals surface area contributed by atoms with Crippen LogP contribution in [0.25, 0.3) is 5.69 Å².